The van der Waals surface area contributed by atoms with Crippen molar-refractivity contribution in [2.75, 3.05) is 6.54 Å². The molecule has 1 atom stereocenters. The molecule has 23 heavy (non-hydrogen) atoms. The Morgan fingerprint density at radius 2 is 2.26 bits per heavy atom. The van der Waals surface area contributed by atoms with E-state index < -0.39 is 0 Å². The van der Waals surface area contributed by atoms with Gasteiger partial charge >= 0.3 is 0 Å². The molecule has 4 heteroatoms. The minimum atomic E-state index is 0.0559. The zero-order valence-corrected chi connectivity index (χ0v) is 14.8. The molecule has 1 N–H and O–H groups in total. The molecule has 0 fully saturated rings. The third kappa shape index (κ3) is 2.75. The first kappa shape index (κ1) is 16.0. The maximum Gasteiger partial charge on any atom is 0.178 e. The highest BCUT2D eigenvalue weighted by atomic mass is 32.1. The highest BCUT2D eigenvalue weighted by Gasteiger charge is 2.28. The summed E-state index contributed by atoms with van der Waals surface area (Å²) >= 11 is 5.53. The summed E-state index contributed by atoms with van der Waals surface area (Å²) in [4.78, 5) is 5.79. The van der Waals surface area contributed by atoms with Gasteiger partial charge in [0, 0.05) is 36.8 Å². The lowest BCUT2D eigenvalue weighted by Gasteiger charge is -2.34. The van der Waals surface area contributed by atoms with E-state index in [1.165, 1.54) is 5.56 Å². The zero-order chi connectivity index (χ0) is 16.8. The van der Waals surface area contributed by atoms with Crippen molar-refractivity contribution in [3.05, 3.63) is 40.7 Å². The maximum absolute atomic E-state index is 5.75. The molecule has 0 saturated heterocycles. The number of terminal acetylenes is 1. The highest BCUT2D eigenvalue weighted by Crippen LogP contribution is 2.30. The zero-order valence-electron chi connectivity index (χ0n) is 14.0. The Kier molecular flexibility index (Phi) is 3.95. The molecule has 1 aliphatic rings. The van der Waals surface area contributed by atoms with Gasteiger partial charge in [0.15, 0.2) is 4.77 Å². The lowest BCUT2D eigenvalue weighted by Crippen LogP contribution is -2.40. The predicted molar refractivity (Wildman–Crippen MR) is 98.9 cm³/mol. The molecule has 0 amide bonds. The fourth-order valence-corrected chi connectivity index (χ4v) is 3.61. The molecular weight excluding hydrogens is 302 g/mol. The van der Waals surface area contributed by atoms with Crippen molar-refractivity contribution in [3.63, 3.8) is 0 Å². The molecule has 2 heterocycles. The largest absolute Gasteiger partial charge is 0.331 e. The molecule has 3 nitrogen and oxygen atoms in total. The van der Waals surface area contributed by atoms with Crippen LogP contribution < -0.4 is 0 Å². The van der Waals surface area contributed by atoms with Crippen molar-refractivity contribution in [1.82, 2.24) is 14.5 Å². The molecular formula is C19H23N3S. The molecule has 0 unspecified atom stereocenters. The van der Waals surface area contributed by atoms with E-state index >= 15 is 0 Å². The Hall–Kier alpha value is -1.83. The van der Waals surface area contributed by atoms with Crippen molar-refractivity contribution in [2.45, 2.75) is 39.9 Å². The fourth-order valence-electron chi connectivity index (χ4n) is 3.34. The first-order valence-electron chi connectivity index (χ1n) is 7.95. The third-order valence-electron chi connectivity index (χ3n) is 4.79. The van der Waals surface area contributed by atoms with Crippen LogP contribution in [0.5, 0.6) is 0 Å². The number of rotatable bonds is 3. The van der Waals surface area contributed by atoms with Crippen LogP contribution in [0.2, 0.25) is 0 Å². The van der Waals surface area contributed by atoms with Crippen LogP contribution in [0.15, 0.2) is 24.8 Å². The number of imidazole rings is 1. The lowest BCUT2D eigenvalue weighted by molar-refractivity contribution is 0.144. The Labute approximate surface area is 143 Å². The topological polar surface area (TPSA) is 24.0 Å². The monoisotopic (exact) mass is 325 g/mol. The standard InChI is InChI=1S/C19H23N3S/c1-6-14-8-9-16-17-15(14)11-21(12-19(4,5)7-2)13(3)10-22(17)18(23)20-16/h1,7-9,13H,2,10-12H2,3-5H3,(H,20,23)/t13-/m0/s1. The highest BCUT2D eigenvalue weighted by molar-refractivity contribution is 7.71. The van der Waals surface area contributed by atoms with Crippen LogP contribution >= 0.6 is 12.2 Å². The molecule has 1 aliphatic heterocycles. The minimum absolute atomic E-state index is 0.0559. The summed E-state index contributed by atoms with van der Waals surface area (Å²) < 4.78 is 2.97. The van der Waals surface area contributed by atoms with Gasteiger partial charge in [-0.3, -0.25) is 4.90 Å². The molecule has 0 bridgehead atoms. The number of H-pyrrole nitrogens is 1. The van der Waals surface area contributed by atoms with E-state index in [0.717, 1.165) is 41.0 Å². The Balaban J connectivity index is 2.15. The van der Waals surface area contributed by atoms with Crippen molar-refractivity contribution in [3.8, 4) is 12.3 Å². The summed E-state index contributed by atoms with van der Waals surface area (Å²) in [6.07, 6.45) is 7.78. The Morgan fingerprint density at radius 1 is 1.52 bits per heavy atom. The lowest BCUT2D eigenvalue weighted by atomic mass is 9.92. The molecule has 2 aromatic rings. The summed E-state index contributed by atoms with van der Waals surface area (Å²) in [5.74, 6) is 2.84. The summed E-state index contributed by atoms with van der Waals surface area (Å²) in [7, 11) is 0. The summed E-state index contributed by atoms with van der Waals surface area (Å²) in [6.45, 7) is 13.3. The molecule has 0 radical (unpaired) electrons. The van der Waals surface area contributed by atoms with Crippen LogP contribution in [0.1, 0.15) is 31.9 Å². The van der Waals surface area contributed by atoms with E-state index in [1.807, 2.05) is 18.2 Å². The van der Waals surface area contributed by atoms with Crippen molar-refractivity contribution >= 4 is 23.3 Å². The second-order valence-corrected chi connectivity index (χ2v) is 7.51. The molecule has 3 rings (SSSR count). The molecule has 0 saturated carbocycles. The van der Waals surface area contributed by atoms with E-state index in [1.54, 1.807) is 0 Å². The normalized spacial score (nSPS) is 18.6. The van der Waals surface area contributed by atoms with Crippen molar-refractivity contribution in [2.24, 2.45) is 5.41 Å². The minimum Gasteiger partial charge on any atom is -0.331 e. The average Bonchev–Trinajstić information content (AvgIpc) is 2.74. The number of aromatic nitrogens is 2. The quantitative estimate of drug-likeness (QED) is 0.522. The number of nitrogens with one attached hydrogen (secondary N) is 1. The molecule has 0 spiro atoms. The van der Waals surface area contributed by atoms with E-state index in [4.69, 9.17) is 18.6 Å². The Bertz CT molecular complexity index is 863. The van der Waals surface area contributed by atoms with Crippen LogP contribution in [-0.2, 0) is 13.1 Å². The van der Waals surface area contributed by atoms with Crippen molar-refractivity contribution < 1.29 is 0 Å². The van der Waals surface area contributed by atoms with Crippen LogP contribution in [0.3, 0.4) is 0 Å². The van der Waals surface area contributed by atoms with Crippen LogP contribution in [0, 0.1) is 22.5 Å². The van der Waals surface area contributed by atoms with Gasteiger partial charge in [-0.25, -0.2) is 0 Å². The third-order valence-corrected chi connectivity index (χ3v) is 5.11. The van der Waals surface area contributed by atoms with Gasteiger partial charge < -0.3 is 9.55 Å². The molecule has 120 valence electrons. The summed E-state index contributed by atoms with van der Waals surface area (Å²) in [6, 6.07) is 4.42. The number of hydrogen-bond acceptors (Lipinski definition) is 2. The van der Waals surface area contributed by atoms with E-state index in [9.17, 15) is 0 Å². The number of nitrogens with zero attached hydrogens (tertiary/aromatic N) is 2. The van der Waals surface area contributed by atoms with Crippen LogP contribution in [0.4, 0.5) is 0 Å². The number of aromatic amines is 1. The Morgan fingerprint density at radius 3 is 2.91 bits per heavy atom. The number of benzene rings is 1. The van der Waals surface area contributed by atoms with Gasteiger partial charge in [-0.1, -0.05) is 25.8 Å². The summed E-state index contributed by atoms with van der Waals surface area (Å²) in [5, 5.41) is 0. The van der Waals surface area contributed by atoms with E-state index in [2.05, 4.69) is 47.7 Å². The van der Waals surface area contributed by atoms with E-state index in [-0.39, 0.29) is 5.41 Å². The SMILES string of the molecule is C#Cc1ccc2[nH]c(=S)n3c2c1CN(CC(C)(C)C=C)[C@@H](C)C3. The molecule has 1 aromatic carbocycles. The second kappa shape index (κ2) is 5.67. The summed E-state index contributed by atoms with van der Waals surface area (Å²) in [5.41, 5.74) is 4.44. The van der Waals surface area contributed by atoms with Crippen molar-refractivity contribution in [1.29, 1.82) is 0 Å². The van der Waals surface area contributed by atoms with Gasteiger partial charge in [-0.2, -0.15) is 0 Å². The van der Waals surface area contributed by atoms with Gasteiger partial charge in [0.05, 0.1) is 11.0 Å². The van der Waals surface area contributed by atoms with Crippen LogP contribution in [0.25, 0.3) is 11.0 Å². The van der Waals surface area contributed by atoms with Gasteiger partial charge in [0.2, 0.25) is 0 Å². The molecule has 1 aromatic heterocycles. The van der Waals surface area contributed by atoms with E-state index in [0.29, 0.717) is 6.04 Å². The van der Waals surface area contributed by atoms with Gasteiger partial charge in [-0.05, 0) is 36.7 Å². The van der Waals surface area contributed by atoms with Gasteiger partial charge in [-0.15, -0.1) is 13.0 Å². The second-order valence-electron chi connectivity index (χ2n) is 7.12. The van der Waals surface area contributed by atoms with Gasteiger partial charge in [0.1, 0.15) is 0 Å². The molecule has 0 aliphatic carbocycles. The smallest absolute Gasteiger partial charge is 0.178 e. The van der Waals surface area contributed by atoms with Crippen LogP contribution in [-0.4, -0.2) is 27.0 Å². The maximum atomic E-state index is 5.75. The number of hydrogen-bond donors (Lipinski definition) is 1. The first-order valence-corrected chi connectivity index (χ1v) is 8.36. The first-order chi connectivity index (χ1) is 10.9. The van der Waals surface area contributed by atoms with Gasteiger partial charge in [0.25, 0.3) is 0 Å². The fraction of sp³-hybridized carbons (Fsp3) is 0.421. The predicted octanol–water partition coefficient (Wildman–Crippen LogP) is 4.10. The average molecular weight is 325 g/mol.